The van der Waals surface area contributed by atoms with Gasteiger partial charge in [-0.05, 0) is 31.9 Å². The summed E-state index contributed by atoms with van der Waals surface area (Å²) < 4.78 is 0. The lowest BCUT2D eigenvalue weighted by Crippen LogP contribution is -2.46. The number of nitrogens with one attached hydrogen (secondary N) is 1. The van der Waals surface area contributed by atoms with Gasteiger partial charge in [0.25, 0.3) is 5.91 Å². The van der Waals surface area contributed by atoms with Gasteiger partial charge in [0.05, 0.1) is 11.8 Å². The molecule has 1 heterocycles. The summed E-state index contributed by atoms with van der Waals surface area (Å²) in [6, 6.07) is 7.40. The Morgan fingerprint density at radius 1 is 1.29 bits per heavy atom. The van der Waals surface area contributed by atoms with E-state index in [1.54, 1.807) is 24.0 Å². The van der Waals surface area contributed by atoms with Crippen molar-refractivity contribution in [2.24, 2.45) is 11.8 Å². The van der Waals surface area contributed by atoms with E-state index in [4.69, 9.17) is 5.11 Å². The van der Waals surface area contributed by atoms with Crippen molar-refractivity contribution in [3.8, 4) is 0 Å². The molecule has 2 atom stereocenters. The normalized spacial score (nSPS) is 18.8. The highest BCUT2D eigenvalue weighted by Gasteiger charge is 2.29. The third-order valence-corrected chi connectivity index (χ3v) is 4.38. The molecule has 0 bridgehead atoms. The zero-order chi connectivity index (χ0) is 17.7. The van der Waals surface area contributed by atoms with Crippen molar-refractivity contribution in [1.82, 2.24) is 10.2 Å². The summed E-state index contributed by atoms with van der Waals surface area (Å²) in [5, 5.41) is 11.5. The second kappa shape index (κ2) is 7.95. The number of carbonyl (C=O) groups excluding carboxylic acids is 2. The maximum atomic E-state index is 12.6. The molecule has 0 radical (unpaired) electrons. The quantitative estimate of drug-likeness (QED) is 0.859. The molecule has 1 aromatic rings. The first-order valence-electron chi connectivity index (χ1n) is 8.25. The van der Waals surface area contributed by atoms with Gasteiger partial charge in [0.1, 0.15) is 0 Å². The number of piperidine rings is 1. The molecule has 0 aliphatic carbocycles. The van der Waals surface area contributed by atoms with E-state index in [1.807, 2.05) is 19.1 Å². The Morgan fingerprint density at radius 2 is 1.96 bits per heavy atom. The number of carbonyl (C=O) groups is 3. The van der Waals surface area contributed by atoms with E-state index in [2.05, 4.69) is 5.32 Å². The molecule has 130 valence electrons. The van der Waals surface area contributed by atoms with E-state index in [0.717, 1.165) is 12.0 Å². The van der Waals surface area contributed by atoms with Gasteiger partial charge in [-0.3, -0.25) is 14.4 Å². The van der Waals surface area contributed by atoms with Crippen LogP contribution >= 0.6 is 0 Å². The van der Waals surface area contributed by atoms with Gasteiger partial charge in [0.15, 0.2) is 0 Å². The standard InChI is InChI=1S/C18H24N2O4/c1-12-5-7-14(8-6-12)17(22)20-9-3-4-15(11-20)16(21)19-10-13(2)18(23)24/h5-8,13,15H,3-4,9-11H2,1-2H3,(H,19,21)(H,23,24). The number of carboxylic acids is 1. The van der Waals surface area contributed by atoms with Crippen LogP contribution in [0.1, 0.15) is 35.7 Å². The molecule has 1 aliphatic heterocycles. The van der Waals surface area contributed by atoms with Gasteiger partial charge >= 0.3 is 5.97 Å². The molecule has 1 saturated heterocycles. The summed E-state index contributed by atoms with van der Waals surface area (Å²) in [6.07, 6.45) is 1.48. The molecule has 24 heavy (non-hydrogen) atoms. The average molecular weight is 332 g/mol. The van der Waals surface area contributed by atoms with E-state index in [1.165, 1.54) is 0 Å². The minimum absolute atomic E-state index is 0.0635. The number of hydrogen-bond donors (Lipinski definition) is 2. The van der Waals surface area contributed by atoms with E-state index in [-0.39, 0.29) is 24.3 Å². The van der Waals surface area contributed by atoms with Crippen molar-refractivity contribution < 1.29 is 19.5 Å². The number of rotatable bonds is 5. The number of likely N-dealkylation sites (tertiary alicyclic amines) is 1. The van der Waals surface area contributed by atoms with Crippen molar-refractivity contribution in [2.75, 3.05) is 19.6 Å². The summed E-state index contributed by atoms with van der Waals surface area (Å²) >= 11 is 0. The van der Waals surface area contributed by atoms with Crippen molar-refractivity contribution in [3.63, 3.8) is 0 Å². The highest BCUT2D eigenvalue weighted by Crippen LogP contribution is 2.19. The number of benzene rings is 1. The maximum Gasteiger partial charge on any atom is 0.308 e. The molecule has 1 aliphatic rings. The van der Waals surface area contributed by atoms with Gasteiger partial charge in [0, 0.05) is 25.2 Å². The second-order valence-corrected chi connectivity index (χ2v) is 6.44. The number of carboxylic acid groups (broad SMARTS) is 1. The first kappa shape index (κ1) is 18.0. The number of aryl methyl sites for hydroxylation is 1. The molecule has 1 fully saturated rings. The van der Waals surface area contributed by atoms with Crippen LogP contribution in [0, 0.1) is 18.8 Å². The highest BCUT2D eigenvalue weighted by molar-refractivity contribution is 5.94. The smallest absolute Gasteiger partial charge is 0.308 e. The molecule has 2 rings (SSSR count). The van der Waals surface area contributed by atoms with Crippen LogP contribution in [0.25, 0.3) is 0 Å². The highest BCUT2D eigenvalue weighted by atomic mass is 16.4. The van der Waals surface area contributed by atoms with Crippen molar-refractivity contribution in [2.45, 2.75) is 26.7 Å². The monoisotopic (exact) mass is 332 g/mol. The molecule has 0 saturated carbocycles. The van der Waals surface area contributed by atoms with Crippen molar-refractivity contribution in [1.29, 1.82) is 0 Å². The average Bonchev–Trinajstić information content (AvgIpc) is 2.59. The van der Waals surface area contributed by atoms with Crippen molar-refractivity contribution in [3.05, 3.63) is 35.4 Å². The molecule has 2 N–H and O–H groups in total. The Labute approximate surface area is 141 Å². The summed E-state index contributed by atoms with van der Waals surface area (Å²) in [6.45, 7) is 4.64. The summed E-state index contributed by atoms with van der Waals surface area (Å²) in [4.78, 5) is 37.3. The Balaban J connectivity index is 1.93. The van der Waals surface area contributed by atoms with Gasteiger partial charge in [-0.2, -0.15) is 0 Å². The van der Waals surface area contributed by atoms with Crippen LogP contribution in [0.2, 0.25) is 0 Å². The third kappa shape index (κ3) is 4.57. The zero-order valence-electron chi connectivity index (χ0n) is 14.1. The number of hydrogen-bond acceptors (Lipinski definition) is 3. The fraction of sp³-hybridized carbons (Fsp3) is 0.500. The van der Waals surface area contributed by atoms with Crippen LogP contribution in [-0.4, -0.2) is 47.4 Å². The topological polar surface area (TPSA) is 86.7 Å². The van der Waals surface area contributed by atoms with Gasteiger partial charge < -0.3 is 15.3 Å². The third-order valence-electron chi connectivity index (χ3n) is 4.38. The Kier molecular flexibility index (Phi) is 5.95. The van der Waals surface area contributed by atoms with E-state index >= 15 is 0 Å². The Hall–Kier alpha value is -2.37. The predicted octanol–water partition coefficient (Wildman–Crippen LogP) is 1.68. The molecular formula is C18H24N2O4. The molecule has 2 unspecified atom stereocenters. The van der Waals surface area contributed by atoms with Crippen LogP contribution < -0.4 is 5.32 Å². The fourth-order valence-electron chi connectivity index (χ4n) is 2.74. The molecule has 6 nitrogen and oxygen atoms in total. The molecule has 0 spiro atoms. The van der Waals surface area contributed by atoms with Crippen LogP contribution in [0.15, 0.2) is 24.3 Å². The fourth-order valence-corrected chi connectivity index (χ4v) is 2.74. The molecule has 2 amide bonds. The van der Waals surface area contributed by atoms with Gasteiger partial charge in [-0.25, -0.2) is 0 Å². The van der Waals surface area contributed by atoms with Crippen LogP contribution in [0.4, 0.5) is 0 Å². The van der Waals surface area contributed by atoms with Crippen LogP contribution in [0.3, 0.4) is 0 Å². The number of aliphatic carboxylic acids is 1. The van der Waals surface area contributed by atoms with E-state index in [9.17, 15) is 14.4 Å². The minimum Gasteiger partial charge on any atom is -0.481 e. The van der Waals surface area contributed by atoms with E-state index in [0.29, 0.717) is 25.1 Å². The van der Waals surface area contributed by atoms with Gasteiger partial charge in [-0.15, -0.1) is 0 Å². The zero-order valence-corrected chi connectivity index (χ0v) is 14.1. The molecule has 6 heteroatoms. The van der Waals surface area contributed by atoms with Crippen LogP contribution in [-0.2, 0) is 9.59 Å². The minimum atomic E-state index is -0.935. The Bertz CT molecular complexity index is 612. The van der Waals surface area contributed by atoms with E-state index < -0.39 is 11.9 Å². The lowest BCUT2D eigenvalue weighted by Gasteiger charge is -2.32. The number of nitrogens with zero attached hydrogens (tertiary/aromatic N) is 1. The van der Waals surface area contributed by atoms with Gasteiger partial charge in [0.2, 0.25) is 5.91 Å². The predicted molar refractivity (Wildman–Crippen MR) is 89.6 cm³/mol. The SMILES string of the molecule is Cc1ccc(C(=O)N2CCCC(C(=O)NCC(C)C(=O)O)C2)cc1. The summed E-state index contributed by atoms with van der Waals surface area (Å²) in [5.74, 6) is -2.08. The maximum absolute atomic E-state index is 12.6. The summed E-state index contributed by atoms with van der Waals surface area (Å²) in [5.41, 5.74) is 1.72. The first-order chi connectivity index (χ1) is 11.4. The van der Waals surface area contributed by atoms with Crippen LogP contribution in [0.5, 0.6) is 0 Å². The van der Waals surface area contributed by atoms with Gasteiger partial charge in [-0.1, -0.05) is 24.6 Å². The second-order valence-electron chi connectivity index (χ2n) is 6.44. The lowest BCUT2D eigenvalue weighted by atomic mass is 9.96. The summed E-state index contributed by atoms with van der Waals surface area (Å²) in [7, 11) is 0. The van der Waals surface area contributed by atoms with Crippen molar-refractivity contribution >= 4 is 17.8 Å². The Morgan fingerprint density at radius 3 is 2.58 bits per heavy atom. The molecule has 1 aromatic carbocycles. The number of amides is 2. The largest absolute Gasteiger partial charge is 0.481 e. The molecular weight excluding hydrogens is 308 g/mol. The molecule has 0 aromatic heterocycles. The lowest BCUT2D eigenvalue weighted by molar-refractivity contribution is -0.141. The first-order valence-corrected chi connectivity index (χ1v) is 8.25.